The average molecular weight is 338 g/mol. The first kappa shape index (κ1) is 15.5. The van der Waals surface area contributed by atoms with Crippen molar-refractivity contribution in [2.24, 2.45) is 0 Å². The van der Waals surface area contributed by atoms with Crippen molar-refractivity contribution < 1.29 is 24.7 Å². The van der Waals surface area contributed by atoms with E-state index in [2.05, 4.69) is 0 Å². The Morgan fingerprint density at radius 2 is 2.26 bits per heavy atom. The first-order valence-electron chi connectivity index (χ1n) is 6.87. The molecule has 1 aromatic carbocycles. The molecule has 0 aliphatic carbocycles. The van der Waals surface area contributed by atoms with Crippen LogP contribution in [0.15, 0.2) is 6.07 Å². The maximum atomic E-state index is 11.2. The number of nitro benzene ring substituents is 1. The van der Waals surface area contributed by atoms with Crippen molar-refractivity contribution in [1.82, 2.24) is 4.90 Å². The Morgan fingerprint density at radius 3 is 2.91 bits per heavy atom. The smallest absolute Gasteiger partial charge is 0.332 e. The van der Waals surface area contributed by atoms with Gasteiger partial charge in [-0.1, -0.05) is 0 Å². The second-order valence-corrected chi connectivity index (χ2v) is 6.33. The molecule has 2 aromatic rings. The molecular formula is C14H14N2O6S. The van der Waals surface area contributed by atoms with Gasteiger partial charge in [0.2, 0.25) is 12.2 Å². The monoisotopic (exact) mass is 338 g/mol. The number of phenols is 2. The van der Waals surface area contributed by atoms with E-state index in [1.807, 2.05) is 0 Å². The van der Waals surface area contributed by atoms with E-state index in [0.29, 0.717) is 25.1 Å². The van der Waals surface area contributed by atoms with Gasteiger partial charge in [0, 0.05) is 16.8 Å². The summed E-state index contributed by atoms with van der Waals surface area (Å²) in [6.07, 6.45) is 0.369. The Morgan fingerprint density at radius 1 is 1.52 bits per heavy atom. The predicted octanol–water partition coefficient (Wildman–Crippen LogP) is 2.06. The minimum atomic E-state index is -0.741. The number of amides is 1. The van der Waals surface area contributed by atoms with Gasteiger partial charge in [0.25, 0.3) is 0 Å². The number of hydrogen-bond donors (Lipinski definition) is 2. The lowest BCUT2D eigenvalue weighted by atomic mass is 10.1. The molecule has 0 spiro atoms. The molecule has 23 heavy (non-hydrogen) atoms. The Balaban J connectivity index is 2.16. The number of phenolic OH excluding ortho intramolecular Hbond substituents is 2. The lowest BCUT2D eigenvalue weighted by Crippen LogP contribution is -2.37. The Bertz CT molecular complexity index is 802. The number of morpholine rings is 1. The third-order valence-electron chi connectivity index (χ3n) is 3.92. The molecule has 0 bridgehead atoms. The van der Waals surface area contributed by atoms with Crippen LogP contribution in [-0.2, 0) is 9.53 Å². The van der Waals surface area contributed by atoms with Gasteiger partial charge >= 0.3 is 5.69 Å². The molecule has 1 aliphatic heterocycles. The maximum Gasteiger partial charge on any atom is 0.332 e. The van der Waals surface area contributed by atoms with Crippen LogP contribution in [0, 0.1) is 17.0 Å². The summed E-state index contributed by atoms with van der Waals surface area (Å²) in [5.74, 6) is -1.27. The number of carbonyl (C=O) groups excluding carboxylic acids is 1. The number of aromatic hydroxyl groups is 2. The zero-order valence-corrected chi connectivity index (χ0v) is 13.0. The predicted molar refractivity (Wildman–Crippen MR) is 82.9 cm³/mol. The fourth-order valence-corrected chi connectivity index (χ4v) is 4.08. The number of carbonyl (C=O) groups is 1. The number of ether oxygens (including phenoxy) is 1. The van der Waals surface area contributed by atoms with Gasteiger partial charge in [-0.05, 0) is 18.6 Å². The van der Waals surface area contributed by atoms with E-state index >= 15 is 0 Å². The molecule has 3 rings (SSSR count). The molecular weight excluding hydrogens is 324 g/mol. The molecule has 122 valence electrons. The fourth-order valence-electron chi connectivity index (χ4n) is 2.73. The minimum absolute atomic E-state index is 0.282. The molecule has 0 saturated carbocycles. The van der Waals surface area contributed by atoms with Gasteiger partial charge in [-0.3, -0.25) is 14.9 Å². The summed E-state index contributed by atoms with van der Waals surface area (Å²) in [6, 6.07) is 1.31. The van der Waals surface area contributed by atoms with Crippen LogP contribution < -0.4 is 0 Å². The van der Waals surface area contributed by atoms with Gasteiger partial charge < -0.3 is 19.8 Å². The number of aryl methyl sites for hydroxylation is 1. The molecule has 1 aromatic heterocycles. The van der Waals surface area contributed by atoms with Crippen LogP contribution in [0.4, 0.5) is 5.69 Å². The molecule has 2 heterocycles. The van der Waals surface area contributed by atoms with Crippen molar-refractivity contribution in [2.45, 2.75) is 13.0 Å². The van der Waals surface area contributed by atoms with Crippen LogP contribution in [-0.4, -0.2) is 46.1 Å². The van der Waals surface area contributed by atoms with E-state index in [1.165, 1.54) is 6.07 Å². The molecule has 9 heteroatoms. The maximum absolute atomic E-state index is 11.2. The third kappa shape index (κ3) is 2.47. The van der Waals surface area contributed by atoms with Crippen molar-refractivity contribution in [3.63, 3.8) is 0 Å². The highest BCUT2D eigenvalue weighted by molar-refractivity contribution is 7.20. The summed E-state index contributed by atoms with van der Waals surface area (Å²) in [7, 11) is 0. The highest BCUT2D eigenvalue weighted by Gasteiger charge is 2.30. The van der Waals surface area contributed by atoms with Gasteiger partial charge in [0.1, 0.15) is 10.8 Å². The largest absolute Gasteiger partial charge is 0.504 e. The molecule has 8 nitrogen and oxygen atoms in total. The SMILES string of the molecule is Cc1c(C2CN(C=O)CCO2)sc2c([N+](=O)[O-])c(O)c(O)cc12. The second kappa shape index (κ2) is 5.67. The Labute approximate surface area is 134 Å². The normalized spacial score (nSPS) is 18.3. The number of hydrogen-bond acceptors (Lipinski definition) is 7. The summed E-state index contributed by atoms with van der Waals surface area (Å²) < 4.78 is 5.96. The van der Waals surface area contributed by atoms with Crippen molar-refractivity contribution >= 4 is 33.5 Å². The van der Waals surface area contributed by atoms with E-state index in [0.717, 1.165) is 28.2 Å². The van der Waals surface area contributed by atoms with Crippen LogP contribution in [0.2, 0.25) is 0 Å². The van der Waals surface area contributed by atoms with Gasteiger partial charge in [0.05, 0.1) is 18.1 Å². The lowest BCUT2D eigenvalue weighted by molar-refractivity contribution is -0.383. The summed E-state index contributed by atoms with van der Waals surface area (Å²) in [5, 5.41) is 31.3. The first-order valence-corrected chi connectivity index (χ1v) is 7.69. The zero-order valence-electron chi connectivity index (χ0n) is 12.2. The van der Waals surface area contributed by atoms with E-state index in [-0.39, 0.29) is 10.8 Å². The summed E-state index contributed by atoms with van der Waals surface area (Å²) >= 11 is 1.14. The van der Waals surface area contributed by atoms with E-state index in [1.54, 1.807) is 11.8 Å². The van der Waals surface area contributed by atoms with Crippen molar-refractivity contribution in [3.8, 4) is 11.5 Å². The molecule has 0 radical (unpaired) electrons. The Kier molecular flexibility index (Phi) is 3.82. The zero-order chi connectivity index (χ0) is 16.7. The van der Waals surface area contributed by atoms with Crippen LogP contribution in [0.5, 0.6) is 11.5 Å². The van der Waals surface area contributed by atoms with Crippen LogP contribution in [0.3, 0.4) is 0 Å². The van der Waals surface area contributed by atoms with Crippen molar-refractivity contribution in [1.29, 1.82) is 0 Å². The van der Waals surface area contributed by atoms with Gasteiger partial charge in [-0.15, -0.1) is 11.3 Å². The van der Waals surface area contributed by atoms with Crippen molar-refractivity contribution in [2.75, 3.05) is 19.7 Å². The number of rotatable bonds is 3. The third-order valence-corrected chi connectivity index (χ3v) is 5.32. The molecule has 2 N–H and O–H groups in total. The van der Waals surface area contributed by atoms with Crippen molar-refractivity contribution in [3.05, 3.63) is 26.6 Å². The van der Waals surface area contributed by atoms with E-state index in [4.69, 9.17) is 4.74 Å². The number of nitrogens with zero attached hydrogens (tertiary/aromatic N) is 2. The van der Waals surface area contributed by atoms with Gasteiger partial charge in [0.15, 0.2) is 5.75 Å². The standard InChI is InChI=1S/C14H14N2O6S/c1-7-8-4-9(18)12(19)11(16(20)21)14(8)23-13(7)10-5-15(6-17)2-3-22-10/h4,6,10,18-19H,2-3,5H2,1H3. The first-order chi connectivity index (χ1) is 10.9. The van der Waals surface area contributed by atoms with Crippen LogP contribution in [0.25, 0.3) is 10.1 Å². The minimum Gasteiger partial charge on any atom is -0.504 e. The number of thiophene rings is 1. The molecule has 1 saturated heterocycles. The fraction of sp³-hybridized carbons (Fsp3) is 0.357. The highest BCUT2D eigenvalue weighted by atomic mass is 32.1. The molecule has 1 amide bonds. The van der Waals surface area contributed by atoms with Crippen LogP contribution >= 0.6 is 11.3 Å². The molecule has 1 atom stereocenters. The van der Waals surface area contributed by atoms with E-state index in [9.17, 15) is 25.1 Å². The topological polar surface area (TPSA) is 113 Å². The number of nitro groups is 1. The van der Waals surface area contributed by atoms with E-state index < -0.39 is 22.1 Å². The quantitative estimate of drug-likeness (QED) is 0.383. The molecule has 1 fully saturated rings. The summed E-state index contributed by atoms with van der Waals surface area (Å²) in [6.45, 7) is 3.03. The summed E-state index contributed by atoms with van der Waals surface area (Å²) in [4.78, 5) is 23.8. The number of benzene rings is 1. The average Bonchev–Trinajstić information content (AvgIpc) is 2.85. The van der Waals surface area contributed by atoms with Gasteiger partial charge in [-0.2, -0.15) is 0 Å². The highest BCUT2D eigenvalue weighted by Crippen LogP contribution is 2.48. The molecule has 1 unspecified atom stereocenters. The number of fused-ring (bicyclic) bond motifs is 1. The Hall–Kier alpha value is -2.39. The second-order valence-electron chi connectivity index (χ2n) is 5.28. The summed E-state index contributed by atoms with van der Waals surface area (Å²) in [5.41, 5.74) is 0.226. The lowest BCUT2D eigenvalue weighted by Gasteiger charge is -2.30. The van der Waals surface area contributed by atoms with Crippen LogP contribution in [0.1, 0.15) is 16.5 Å². The molecule has 1 aliphatic rings. The van der Waals surface area contributed by atoms with Gasteiger partial charge in [-0.25, -0.2) is 0 Å².